The summed E-state index contributed by atoms with van der Waals surface area (Å²) in [5.74, 6) is -0.739. The molecule has 0 aliphatic carbocycles. The molecule has 2 rings (SSSR count). The summed E-state index contributed by atoms with van der Waals surface area (Å²) in [5.41, 5.74) is 1.06. The van der Waals surface area contributed by atoms with Crippen LogP contribution >= 0.6 is 11.6 Å². The molecule has 0 spiro atoms. The lowest BCUT2D eigenvalue weighted by atomic mass is 10.2. The maximum Gasteiger partial charge on any atom is 0.128 e. The van der Waals surface area contributed by atoms with Gasteiger partial charge in [-0.25, -0.2) is 13.5 Å². The lowest BCUT2D eigenvalue weighted by Crippen LogP contribution is -1.96. The normalized spacial score (nSPS) is 10.8. The number of halogens is 3. The molecular formula is C11H10ClF2N3. The predicted octanol–water partition coefficient (Wildman–Crippen LogP) is 2.72. The van der Waals surface area contributed by atoms with E-state index in [2.05, 4.69) is 10.3 Å². The van der Waals surface area contributed by atoms with E-state index in [-0.39, 0.29) is 0 Å². The summed E-state index contributed by atoms with van der Waals surface area (Å²) in [4.78, 5) is 0. The molecule has 0 radical (unpaired) electrons. The van der Waals surface area contributed by atoms with Gasteiger partial charge in [-0.3, -0.25) is 0 Å². The Bertz CT molecular complexity index is 493. The van der Waals surface area contributed by atoms with Crippen LogP contribution in [-0.2, 0) is 6.42 Å². The monoisotopic (exact) mass is 257 g/mol. The van der Waals surface area contributed by atoms with Crippen molar-refractivity contribution in [1.29, 1.82) is 0 Å². The highest BCUT2D eigenvalue weighted by atomic mass is 35.5. The van der Waals surface area contributed by atoms with Crippen LogP contribution < -0.4 is 0 Å². The molecule has 0 bridgehead atoms. The molecule has 17 heavy (non-hydrogen) atoms. The average Bonchev–Trinajstić information content (AvgIpc) is 2.73. The number of hydrogen-bond donors (Lipinski definition) is 0. The minimum atomic E-state index is -0.641. The van der Waals surface area contributed by atoms with Gasteiger partial charge in [-0.05, 0) is 25.0 Å². The third kappa shape index (κ3) is 3.00. The van der Waals surface area contributed by atoms with Crippen molar-refractivity contribution in [2.24, 2.45) is 0 Å². The average molecular weight is 258 g/mol. The molecule has 0 aliphatic rings. The fraction of sp³-hybridized carbons (Fsp3) is 0.273. The van der Waals surface area contributed by atoms with Gasteiger partial charge in [0.25, 0.3) is 0 Å². The first kappa shape index (κ1) is 12.0. The minimum Gasteiger partial charge on any atom is -0.220 e. The number of hydrogen-bond acceptors (Lipinski definition) is 2. The molecule has 1 aromatic carbocycles. The number of aromatic nitrogens is 3. The van der Waals surface area contributed by atoms with E-state index in [0.29, 0.717) is 18.0 Å². The third-order valence-corrected chi connectivity index (χ3v) is 2.49. The van der Waals surface area contributed by atoms with Gasteiger partial charge in [0.1, 0.15) is 11.6 Å². The largest absolute Gasteiger partial charge is 0.220 e. The molecule has 0 amide bonds. The summed E-state index contributed by atoms with van der Waals surface area (Å²) in [6.45, 7) is 0. The second-order valence-electron chi connectivity index (χ2n) is 3.57. The zero-order valence-corrected chi connectivity index (χ0v) is 9.66. The standard InChI is InChI=1S/C11H10ClF2N3/c12-3-1-2-10-7-17(16-15-10)11-5-8(13)4-9(14)6-11/h4-7H,1-3H2. The van der Waals surface area contributed by atoms with E-state index in [1.807, 2.05) is 0 Å². The van der Waals surface area contributed by atoms with Crippen molar-refractivity contribution in [3.05, 3.63) is 41.7 Å². The number of aryl methyl sites for hydroxylation is 1. The summed E-state index contributed by atoms with van der Waals surface area (Å²) in [6, 6.07) is 3.21. The van der Waals surface area contributed by atoms with Crippen molar-refractivity contribution in [2.75, 3.05) is 5.88 Å². The van der Waals surface area contributed by atoms with Gasteiger partial charge < -0.3 is 0 Å². The number of alkyl halides is 1. The molecule has 90 valence electrons. The van der Waals surface area contributed by atoms with Crippen molar-refractivity contribution in [2.45, 2.75) is 12.8 Å². The molecule has 1 heterocycles. The van der Waals surface area contributed by atoms with E-state index in [1.165, 1.54) is 16.8 Å². The topological polar surface area (TPSA) is 30.7 Å². The van der Waals surface area contributed by atoms with Gasteiger partial charge in [-0.15, -0.1) is 16.7 Å². The van der Waals surface area contributed by atoms with Gasteiger partial charge in [0.2, 0.25) is 0 Å². The molecular weight excluding hydrogens is 248 g/mol. The van der Waals surface area contributed by atoms with Crippen molar-refractivity contribution < 1.29 is 8.78 Å². The summed E-state index contributed by atoms with van der Waals surface area (Å²) in [6.07, 6.45) is 3.12. The number of rotatable bonds is 4. The second kappa shape index (κ2) is 5.23. The molecule has 0 saturated carbocycles. The predicted molar refractivity (Wildman–Crippen MR) is 60.3 cm³/mol. The highest BCUT2D eigenvalue weighted by molar-refractivity contribution is 6.17. The minimum absolute atomic E-state index is 0.312. The fourth-order valence-corrected chi connectivity index (χ4v) is 1.59. The van der Waals surface area contributed by atoms with Gasteiger partial charge in [-0.1, -0.05) is 5.21 Å². The first-order valence-corrected chi connectivity index (χ1v) is 5.66. The molecule has 0 saturated heterocycles. The summed E-state index contributed by atoms with van der Waals surface area (Å²) in [5, 5.41) is 7.71. The molecule has 1 aromatic heterocycles. The van der Waals surface area contributed by atoms with E-state index in [9.17, 15) is 8.78 Å². The second-order valence-corrected chi connectivity index (χ2v) is 3.95. The summed E-state index contributed by atoms with van der Waals surface area (Å²) >= 11 is 5.56. The molecule has 3 nitrogen and oxygen atoms in total. The molecule has 2 aromatic rings. The van der Waals surface area contributed by atoms with Crippen molar-refractivity contribution in [3.8, 4) is 5.69 Å². The van der Waals surface area contributed by atoms with Gasteiger partial charge >= 0.3 is 0 Å². The zero-order valence-electron chi connectivity index (χ0n) is 8.91. The molecule has 0 aliphatic heterocycles. The smallest absolute Gasteiger partial charge is 0.128 e. The van der Waals surface area contributed by atoms with Crippen LogP contribution in [-0.4, -0.2) is 20.9 Å². The molecule has 0 fully saturated rings. The van der Waals surface area contributed by atoms with Crippen molar-refractivity contribution in [3.63, 3.8) is 0 Å². The first-order chi connectivity index (χ1) is 8.19. The van der Waals surface area contributed by atoms with E-state index in [0.717, 1.165) is 18.2 Å². The Morgan fingerprint density at radius 1 is 1.18 bits per heavy atom. The lowest BCUT2D eigenvalue weighted by Gasteiger charge is -2.00. The third-order valence-electron chi connectivity index (χ3n) is 2.22. The van der Waals surface area contributed by atoms with Crippen LogP contribution in [0.5, 0.6) is 0 Å². The summed E-state index contributed by atoms with van der Waals surface area (Å²) in [7, 11) is 0. The number of nitrogens with zero attached hydrogens (tertiary/aromatic N) is 3. The van der Waals surface area contributed by atoms with Crippen LogP contribution in [0.15, 0.2) is 24.4 Å². The van der Waals surface area contributed by atoms with Crippen LogP contribution in [0.3, 0.4) is 0 Å². The first-order valence-electron chi connectivity index (χ1n) is 5.12. The molecule has 6 heteroatoms. The Balaban J connectivity index is 2.24. The zero-order chi connectivity index (χ0) is 12.3. The fourth-order valence-electron chi connectivity index (χ4n) is 1.46. The Morgan fingerprint density at radius 3 is 2.53 bits per heavy atom. The van der Waals surface area contributed by atoms with Crippen molar-refractivity contribution in [1.82, 2.24) is 15.0 Å². The summed E-state index contributed by atoms with van der Waals surface area (Å²) < 4.78 is 27.4. The highest BCUT2D eigenvalue weighted by Crippen LogP contribution is 2.12. The maximum absolute atomic E-state index is 13.0. The molecule has 0 N–H and O–H groups in total. The van der Waals surface area contributed by atoms with Crippen LogP contribution in [0.2, 0.25) is 0 Å². The van der Waals surface area contributed by atoms with E-state index in [1.54, 1.807) is 6.20 Å². The van der Waals surface area contributed by atoms with Crippen molar-refractivity contribution >= 4 is 11.6 Å². The Labute approximate surface area is 102 Å². The quantitative estimate of drug-likeness (QED) is 0.789. The SMILES string of the molecule is Fc1cc(F)cc(-n2cc(CCCCl)nn2)c1. The van der Waals surface area contributed by atoms with Crippen LogP contribution in [0, 0.1) is 11.6 Å². The highest BCUT2D eigenvalue weighted by Gasteiger charge is 2.05. The van der Waals surface area contributed by atoms with E-state index in [4.69, 9.17) is 11.6 Å². The van der Waals surface area contributed by atoms with Crippen LogP contribution in [0.4, 0.5) is 8.78 Å². The van der Waals surface area contributed by atoms with Gasteiger partial charge in [-0.2, -0.15) is 0 Å². The van der Waals surface area contributed by atoms with Gasteiger partial charge in [0, 0.05) is 11.9 Å². The molecule has 0 unspecified atom stereocenters. The lowest BCUT2D eigenvalue weighted by molar-refractivity contribution is 0.579. The Kier molecular flexibility index (Phi) is 3.68. The van der Waals surface area contributed by atoms with E-state index < -0.39 is 11.6 Å². The van der Waals surface area contributed by atoms with Crippen LogP contribution in [0.1, 0.15) is 12.1 Å². The maximum atomic E-state index is 13.0. The Hall–Kier alpha value is -1.49. The van der Waals surface area contributed by atoms with E-state index >= 15 is 0 Å². The van der Waals surface area contributed by atoms with Gasteiger partial charge in [0.15, 0.2) is 0 Å². The van der Waals surface area contributed by atoms with Crippen LogP contribution in [0.25, 0.3) is 5.69 Å². The van der Waals surface area contributed by atoms with Gasteiger partial charge in [0.05, 0.1) is 17.6 Å². The molecule has 0 atom stereocenters. The number of benzene rings is 1. The Morgan fingerprint density at radius 2 is 1.88 bits per heavy atom.